The number of nitrogens with one attached hydrogen (secondary N) is 1. The molecular formula is C15H14FN5OS. The Morgan fingerprint density at radius 1 is 1.43 bits per heavy atom. The molecule has 0 saturated carbocycles. The number of rotatable bonds is 3. The fourth-order valence-electron chi connectivity index (χ4n) is 2.36. The number of halogens is 1. The predicted molar refractivity (Wildman–Crippen MR) is 87.3 cm³/mol. The molecule has 8 heteroatoms. The van der Waals surface area contributed by atoms with Gasteiger partial charge in [0.15, 0.2) is 10.8 Å². The molecule has 0 atom stereocenters. The molecule has 1 amide bonds. The zero-order valence-corrected chi connectivity index (χ0v) is 13.6. The summed E-state index contributed by atoms with van der Waals surface area (Å²) in [6.45, 7) is 3.64. The van der Waals surface area contributed by atoms with Crippen molar-refractivity contribution >= 4 is 34.5 Å². The van der Waals surface area contributed by atoms with Crippen LogP contribution in [0.15, 0.2) is 23.3 Å². The van der Waals surface area contributed by atoms with Crippen LogP contribution in [0.5, 0.6) is 0 Å². The monoisotopic (exact) mass is 331 g/mol. The highest BCUT2D eigenvalue weighted by molar-refractivity contribution is 7.12. The minimum atomic E-state index is -0.357. The molecule has 0 bridgehead atoms. The highest BCUT2D eigenvalue weighted by Crippen LogP contribution is 2.21. The van der Waals surface area contributed by atoms with Crippen LogP contribution in [0.4, 0.5) is 4.39 Å². The van der Waals surface area contributed by atoms with Crippen molar-refractivity contribution in [3.63, 3.8) is 0 Å². The number of hydrogen-bond donors (Lipinski definition) is 1. The number of pyridine rings is 1. The van der Waals surface area contributed by atoms with Crippen LogP contribution in [0, 0.1) is 19.0 Å². The van der Waals surface area contributed by atoms with E-state index in [0.29, 0.717) is 21.5 Å². The zero-order chi connectivity index (χ0) is 16.6. The molecule has 6 nitrogen and oxygen atoms in total. The second kappa shape index (κ2) is 5.88. The van der Waals surface area contributed by atoms with E-state index in [4.69, 9.17) is 0 Å². The van der Waals surface area contributed by atoms with Crippen LogP contribution in [-0.2, 0) is 7.05 Å². The van der Waals surface area contributed by atoms with Crippen molar-refractivity contribution < 1.29 is 9.18 Å². The summed E-state index contributed by atoms with van der Waals surface area (Å²) in [6.07, 6.45) is 1.41. The summed E-state index contributed by atoms with van der Waals surface area (Å²) in [4.78, 5) is 17.4. The van der Waals surface area contributed by atoms with Crippen molar-refractivity contribution in [2.24, 2.45) is 12.1 Å². The average Bonchev–Trinajstić information content (AvgIpc) is 3.02. The smallest absolute Gasteiger partial charge is 0.267 e. The molecule has 23 heavy (non-hydrogen) atoms. The van der Waals surface area contributed by atoms with E-state index in [0.717, 1.165) is 22.7 Å². The molecule has 118 valence electrons. The third-order valence-electron chi connectivity index (χ3n) is 3.29. The standard InChI is InChI=1S/C15H14FN5OS/c1-8-6-11(13-9(2)20-21(3)14(13)18-8)15(22)19-17-7-10-4-5-12(16)23-10/h4-7H,1-3H3,(H,19,22)/b17-7-. The van der Waals surface area contributed by atoms with Gasteiger partial charge in [-0.3, -0.25) is 9.48 Å². The molecule has 0 aliphatic rings. The van der Waals surface area contributed by atoms with Crippen LogP contribution in [0.2, 0.25) is 0 Å². The number of aryl methyl sites for hydroxylation is 3. The molecule has 0 spiro atoms. The molecule has 3 aromatic rings. The van der Waals surface area contributed by atoms with Gasteiger partial charge in [0.1, 0.15) is 0 Å². The van der Waals surface area contributed by atoms with Crippen molar-refractivity contribution in [1.29, 1.82) is 0 Å². The number of aromatic nitrogens is 3. The van der Waals surface area contributed by atoms with E-state index >= 15 is 0 Å². The van der Waals surface area contributed by atoms with Gasteiger partial charge in [0.25, 0.3) is 5.91 Å². The molecule has 0 aliphatic carbocycles. The molecule has 0 aliphatic heterocycles. The Morgan fingerprint density at radius 3 is 2.91 bits per heavy atom. The summed E-state index contributed by atoms with van der Waals surface area (Å²) in [5.41, 5.74) is 5.02. The van der Waals surface area contributed by atoms with Gasteiger partial charge in [-0.25, -0.2) is 10.4 Å². The Balaban J connectivity index is 1.90. The summed E-state index contributed by atoms with van der Waals surface area (Å²) in [7, 11) is 1.78. The van der Waals surface area contributed by atoms with Gasteiger partial charge in [-0.2, -0.15) is 14.6 Å². The van der Waals surface area contributed by atoms with E-state index in [2.05, 4.69) is 20.6 Å². The summed E-state index contributed by atoms with van der Waals surface area (Å²) >= 11 is 0.955. The molecule has 1 N–H and O–H groups in total. The van der Waals surface area contributed by atoms with E-state index in [9.17, 15) is 9.18 Å². The molecule has 3 heterocycles. The highest BCUT2D eigenvalue weighted by Gasteiger charge is 2.17. The van der Waals surface area contributed by atoms with Crippen LogP contribution in [-0.4, -0.2) is 26.9 Å². The second-order valence-electron chi connectivity index (χ2n) is 5.06. The Hall–Kier alpha value is -2.61. The first-order valence-electron chi connectivity index (χ1n) is 6.85. The molecule has 0 unspecified atom stereocenters. The van der Waals surface area contributed by atoms with Crippen molar-refractivity contribution in [3.05, 3.63) is 45.2 Å². The first-order valence-corrected chi connectivity index (χ1v) is 7.67. The Labute approximate surface area is 135 Å². The molecule has 0 saturated heterocycles. The number of hydrazone groups is 1. The zero-order valence-electron chi connectivity index (χ0n) is 12.8. The topological polar surface area (TPSA) is 72.2 Å². The van der Waals surface area contributed by atoms with Gasteiger partial charge in [-0.1, -0.05) is 0 Å². The molecule has 0 aromatic carbocycles. The number of thiophene rings is 1. The van der Waals surface area contributed by atoms with Crippen LogP contribution < -0.4 is 5.43 Å². The fraction of sp³-hybridized carbons (Fsp3) is 0.200. The van der Waals surface area contributed by atoms with Crippen molar-refractivity contribution in [1.82, 2.24) is 20.2 Å². The maximum absolute atomic E-state index is 12.9. The van der Waals surface area contributed by atoms with Crippen LogP contribution in [0.1, 0.15) is 26.6 Å². The largest absolute Gasteiger partial charge is 0.272 e. The molecular weight excluding hydrogens is 317 g/mol. The van der Waals surface area contributed by atoms with Gasteiger partial charge >= 0.3 is 0 Å². The van der Waals surface area contributed by atoms with Crippen LogP contribution >= 0.6 is 11.3 Å². The maximum Gasteiger partial charge on any atom is 0.272 e. The number of carbonyl (C=O) groups is 1. The predicted octanol–water partition coefficient (Wildman–Crippen LogP) is 2.55. The van der Waals surface area contributed by atoms with E-state index in [-0.39, 0.29) is 11.0 Å². The first kappa shape index (κ1) is 15.3. The van der Waals surface area contributed by atoms with Crippen LogP contribution in [0.25, 0.3) is 11.0 Å². The fourth-order valence-corrected chi connectivity index (χ4v) is 2.96. The summed E-state index contributed by atoms with van der Waals surface area (Å²) in [5.74, 6) is -0.357. The minimum absolute atomic E-state index is 0.296. The second-order valence-corrected chi connectivity index (χ2v) is 6.13. The lowest BCUT2D eigenvalue weighted by molar-refractivity contribution is 0.0956. The molecule has 3 aromatic heterocycles. The van der Waals surface area contributed by atoms with Gasteiger partial charge < -0.3 is 0 Å². The first-order chi connectivity index (χ1) is 11.0. The number of hydrogen-bond acceptors (Lipinski definition) is 5. The Bertz CT molecular complexity index is 927. The van der Waals surface area contributed by atoms with Crippen LogP contribution in [0.3, 0.4) is 0 Å². The van der Waals surface area contributed by atoms with E-state index in [1.54, 1.807) is 23.9 Å². The summed E-state index contributed by atoms with van der Waals surface area (Å²) in [6, 6.07) is 4.64. The van der Waals surface area contributed by atoms with Gasteiger partial charge in [0.05, 0.1) is 27.7 Å². The van der Waals surface area contributed by atoms with Gasteiger partial charge in [0, 0.05) is 12.7 Å². The van der Waals surface area contributed by atoms with Gasteiger partial charge in [0.2, 0.25) is 0 Å². The molecule has 0 fully saturated rings. The lowest BCUT2D eigenvalue weighted by Crippen LogP contribution is -2.18. The maximum atomic E-state index is 12.9. The van der Waals surface area contributed by atoms with E-state index in [1.165, 1.54) is 12.3 Å². The summed E-state index contributed by atoms with van der Waals surface area (Å²) in [5, 5.41) is 8.58. The van der Waals surface area contributed by atoms with Gasteiger partial charge in [-0.05, 0) is 32.0 Å². The van der Waals surface area contributed by atoms with Crippen molar-refractivity contribution in [2.45, 2.75) is 13.8 Å². The molecule has 3 rings (SSSR count). The summed E-state index contributed by atoms with van der Waals surface area (Å²) < 4.78 is 14.5. The Kier molecular flexibility index (Phi) is 3.91. The third-order valence-corrected chi connectivity index (χ3v) is 4.10. The average molecular weight is 331 g/mol. The minimum Gasteiger partial charge on any atom is -0.267 e. The van der Waals surface area contributed by atoms with Crippen molar-refractivity contribution in [3.8, 4) is 0 Å². The van der Waals surface area contributed by atoms with E-state index in [1.807, 2.05) is 13.8 Å². The number of nitrogens with zero attached hydrogens (tertiary/aromatic N) is 4. The number of fused-ring (bicyclic) bond motifs is 1. The van der Waals surface area contributed by atoms with E-state index < -0.39 is 0 Å². The van der Waals surface area contributed by atoms with Gasteiger partial charge in [-0.15, -0.1) is 11.3 Å². The Morgan fingerprint density at radius 2 is 2.22 bits per heavy atom. The SMILES string of the molecule is Cc1cc(C(=O)N/N=C\c2ccc(F)s2)c2c(C)nn(C)c2n1. The molecule has 0 radical (unpaired) electrons. The third kappa shape index (κ3) is 2.98. The number of amides is 1. The quantitative estimate of drug-likeness (QED) is 0.592. The lowest BCUT2D eigenvalue weighted by atomic mass is 10.1. The highest BCUT2D eigenvalue weighted by atomic mass is 32.1. The van der Waals surface area contributed by atoms with Crippen molar-refractivity contribution in [2.75, 3.05) is 0 Å². The lowest BCUT2D eigenvalue weighted by Gasteiger charge is -2.04. The normalized spacial score (nSPS) is 11.5. The number of carbonyl (C=O) groups excluding carboxylic acids is 1.